The third-order valence-corrected chi connectivity index (χ3v) is 2.44. The third-order valence-electron chi connectivity index (χ3n) is 2.44. The molecule has 5 nitrogen and oxygen atoms in total. The van der Waals surface area contributed by atoms with Crippen LogP contribution in [0.5, 0.6) is 0 Å². The first kappa shape index (κ1) is 11.1. The molecule has 0 aliphatic carbocycles. The van der Waals surface area contributed by atoms with Crippen molar-refractivity contribution in [3.05, 3.63) is 35.4 Å². The molecule has 5 heteroatoms. The zero-order chi connectivity index (χ0) is 11.4. The lowest BCUT2D eigenvalue weighted by molar-refractivity contribution is -0.135. The quantitative estimate of drug-likeness (QED) is 0.434. The van der Waals surface area contributed by atoms with Crippen LogP contribution in [0.1, 0.15) is 15.9 Å². The van der Waals surface area contributed by atoms with E-state index in [0.717, 1.165) is 5.56 Å². The number of ether oxygens (including phenoxy) is 2. The van der Waals surface area contributed by atoms with Crippen LogP contribution < -0.4 is 11.3 Å². The van der Waals surface area contributed by atoms with Crippen LogP contribution in [0.3, 0.4) is 0 Å². The molecule has 0 aromatic heterocycles. The highest BCUT2D eigenvalue weighted by molar-refractivity contribution is 5.93. The van der Waals surface area contributed by atoms with Gasteiger partial charge in [-0.05, 0) is 17.7 Å². The first-order chi connectivity index (χ1) is 7.79. The van der Waals surface area contributed by atoms with E-state index in [1.165, 1.54) is 0 Å². The lowest BCUT2D eigenvalue weighted by Gasteiger charge is -2.25. The molecule has 0 bridgehead atoms. The summed E-state index contributed by atoms with van der Waals surface area (Å²) in [6.45, 7) is 1.89. The Kier molecular flexibility index (Phi) is 3.51. The summed E-state index contributed by atoms with van der Waals surface area (Å²) in [6.07, 6.45) is 0.215. The summed E-state index contributed by atoms with van der Waals surface area (Å²) in [5, 5.41) is 0. The number of amides is 1. The van der Waals surface area contributed by atoms with E-state index in [0.29, 0.717) is 25.4 Å². The molecule has 1 aromatic carbocycles. The molecule has 1 fully saturated rings. The highest BCUT2D eigenvalue weighted by Gasteiger charge is 2.18. The maximum Gasteiger partial charge on any atom is 0.265 e. The molecule has 86 valence electrons. The zero-order valence-corrected chi connectivity index (χ0v) is 8.81. The average Bonchev–Trinajstić information content (AvgIpc) is 2.27. The second kappa shape index (κ2) is 5.07. The zero-order valence-electron chi connectivity index (χ0n) is 8.81. The molecule has 0 spiro atoms. The predicted octanol–water partition coefficient (Wildman–Crippen LogP) is 0.205. The monoisotopic (exact) mass is 222 g/mol. The first-order valence-corrected chi connectivity index (χ1v) is 5.09. The van der Waals surface area contributed by atoms with Gasteiger partial charge >= 0.3 is 0 Å². The second-order valence-electron chi connectivity index (χ2n) is 3.64. The average molecular weight is 222 g/mol. The lowest BCUT2D eigenvalue weighted by Crippen LogP contribution is -2.35. The fourth-order valence-corrected chi connectivity index (χ4v) is 1.36. The van der Waals surface area contributed by atoms with Crippen LogP contribution in [0.15, 0.2) is 24.3 Å². The van der Waals surface area contributed by atoms with Crippen molar-refractivity contribution < 1.29 is 14.3 Å². The number of hydrazine groups is 1. The van der Waals surface area contributed by atoms with Gasteiger partial charge in [0, 0.05) is 5.56 Å². The third kappa shape index (κ3) is 2.57. The van der Waals surface area contributed by atoms with Gasteiger partial charge in [0.1, 0.15) is 6.10 Å². The Labute approximate surface area is 93.5 Å². The summed E-state index contributed by atoms with van der Waals surface area (Å²) >= 11 is 0. The Bertz CT molecular complexity index is 360. The molecule has 16 heavy (non-hydrogen) atoms. The fourth-order valence-electron chi connectivity index (χ4n) is 1.36. The van der Waals surface area contributed by atoms with Gasteiger partial charge in [-0.3, -0.25) is 10.2 Å². The highest BCUT2D eigenvalue weighted by atomic mass is 16.6. The number of carbonyl (C=O) groups excluding carboxylic acids is 1. The molecule has 0 unspecified atom stereocenters. The standard InChI is InChI=1S/C11H14N2O3/c12-13-11(14)9-3-1-8(2-4-9)5-16-10-6-15-7-10/h1-4,10H,5-7,12H2,(H,13,14). The summed E-state index contributed by atoms with van der Waals surface area (Å²) in [4.78, 5) is 11.2. The Morgan fingerprint density at radius 3 is 2.62 bits per heavy atom. The molecule has 2 rings (SSSR count). The summed E-state index contributed by atoms with van der Waals surface area (Å²) in [7, 11) is 0. The molecule has 3 N–H and O–H groups in total. The van der Waals surface area contributed by atoms with Gasteiger partial charge in [-0.1, -0.05) is 12.1 Å². The van der Waals surface area contributed by atoms with Gasteiger partial charge in [0.25, 0.3) is 5.91 Å². The van der Waals surface area contributed by atoms with Crippen molar-refractivity contribution in [3.63, 3.8) is 0 Å². The lowest BCUT2D eigenvalue weighted by atomic mass is 10.1. The Morgan fingerprint density at radius 1 is 1.44 bits per heavy atom. The Hall–Kier alpha value is -1.43. The van der Waals surface area contributed by atoms with E-state index >= 15 is 0 Å². The number of nitrogens with two attached hydrogens (primary N) is 1. The number of nitrogens with one attached hydrogen (secondary N) is 1. The van der Waals surface area contributed by atoms with Crippen molar-refractivity contribution in [2.45, 2.75) is 12.7 Å². The molecule has 1 aromatic rings. The second-order valence-corrected chi connectivity index (χ2v) is 3.64. The molecule has 1 saturated heterocycles. The van der Waals surface area contributed by atoms with Gasteiger partial charge in [0.05, 0.1) is 19.8 Å². The molecular weight excluding hydrogens is 208 g/mol. The van der Waals surface area contributed by atoms with Gasteiger partial charge in [-0.2, -0.15) is 0 Å². The topological polar surface area (TPSA) is 73.6 Å². The van der Waals surface area contributed by atoms with Crippen LogP contribution in [-0.2, 0) is 16.1 Å². The molecule has 1 heterocycles. The van der Waals surface area contributed by atoms with Crippen LogP contribution in [0.2, 0.25) is 0 Å². The van der Waals surface area contributed by atoms with E-state index in [1.54, 1.807) is 12.1 Å². The highest BCUT2D eigenvalue weighted by Crippen LogP contribution is 2.10. The van der Waals surface area contributed by atoms with Gasteiger partial charge < -0.3 is 9.47 Å². The Balaban J connectivity index is 1.88. The van der Waals surface area contributed by atoms with Gasteiger partial charge in [-0.25, -0.2) is 5.84 Å². The molecule has 1 aliphatic heterocycles. The molecule has 1 amide bonds. The van der Waals surface area contributed by atoms with Crippen molar-refractivity contribution in [2.75, 3.05) is 13.2 Å². The molecule has 0 radical (unpaired) electrons. The summed E-state index contributed by atoms with van der Waals surface area (Å²) < 4.78 is 10.5. The normalized spacial score (nSPS) is 15.6. The molecule has 0 saturated carbocycles. The number of rotatable bonds is 4. The van der Waals surface area contributed by atoms with Crippen LogP contribution in [0, 0.1) is 0 Å². The van der Waals surface area contributed by atoms with Crippen molar-refractivity contribution in [2.24, 2.45) is 5.84 Å². The minimum atomic E-state index is -0.292. The summed E-state index contributed by atoms with van der Waals surface area (Å²) in [5.74, 6) is 4.74. The smallest absolute Gasteiger partial charge is 0.265 e. The largest absolute Gasteiger partial charge is 0.376 e. The van der Waals surface area contributed by atoms with Crippen LogP contribution in [0.4, 0.5) is 0 Å². The van der Waals surface area contributed by atoms with Crippen molar-refractivity contribution >= 4 is 5.91 Å². The van der Waals surface area contributed by atoms with Crippen LogP contribution in [0.25, 0.3) is 0 Å². The van der Waals surface area contributed by atoms with Crippen molar-refractivity contribution in [1.29, 1.82) is 0 Å². The number of carbonyl (C=O) groups is 1. The van der Waals surface area contributed by atoms with E-state index in [2.05, 4.69) is 5.43 Å². The molecule has 0 atom stereocenters. The van der Waals surface area contributed by atoms with Crippen molar-refractivity contribution in [3.8, 4) is 0 Å². The maximum absolute atomic E-state index is 11.2. The summed E-state index contributed by atoms with van der Waals surface area (Å²) in [6, 6.07) is 7.14. The van der Waals surface area contributed by atoms with Gasteiger partial charge in [0.15, 0.2) is 0 Å². The van der Waals surface area contributed by atoms with E-state index in [4.69, 9.17) is 15.3 Å². The van der Waals surface area contributed by atoms with E-state index in [1.807, 2.05) is 12.1 Å². The number of benzene rings is 1. The number of hydrogen-bond donors (Lipinski definition) is 2. The maximum atomic E-state index is 11.2. The van der Waals surface area contributed by atoms with Crippen LogP contribution >= 0.6 is 0 Å². The van der Waals surface area contributed by atoms with E-state index < -0.39 is 0 Å². The van der Waals surface area contributed by atoms with Crippen LogP contribution in [-0.4, -0.2) is 25.2 Å². The first-order valence-electron chi connectivity index (χ1n) is 5.09. The van der Waals surface area contributed by atoms with Crippen molar-refractivity contribution in [1.82, 2.24) is 5.43 Å². The fraction of sp³-hybridized carbons (Fsp3) is 0.364. The molecular formula is C11H14N2O3. The minimum absolute atomic E-state index is 0.215. The Morgan fingerprint density at radius 2 is 2.12 bits per heavy atom. The predicted molar refractivity (Wildman–Crippen MR) is 57.5 cm³/mol. The van der Waals surface area contributed by atoms with Gasteiger partial charge in [0.2, 0.25) is 0 Å². The number of hydrogen-bond acceptors (Lipinski definition) is 4. The van der Waals surface area contributed by atoms with E-state index in [-0.39, 0.29) is 12.0 Å². The minimum Gasteiger partial charge on any atom is -0.376 e. The number of nitrogen functional groups attached to an aromatic ring is 1. The SMILES string of the molecule is NNC(=O)c1ccc(COC2COC2)cc1. The summed E-state index contributed by atoms with van der Waals surface area (Å²) in [5.41, 5.74) is 3.65. The van der Waals surface area contributed by atoms with E-state index in [9.17, 15) is 4.79 Å². The molecule has 1 aliphatic rings. The van der Waals surface area contributed by atoms with Gasteiger partial charge in [-0.15, -0.1) is 0 Å².